The van der Waals surface area contributed by atoms with Gasteiger partial charge in [0.1, 0.15) is 5.54 Å². The zero-order valence-corrected chi connectivity index (χ0v) is 10.4. The van der Waals surface area contributed by atoms with Crippen LogP contribution in [-0.2, 0) is 12.6 Å². The molecular formula is C7H16BF4N5. The Labute approximate surface area is 96.9 Å². The first-order valence-electron chi connectivity index (χ1n) is 4.84. The van der Waals surface area contributed by atoms with Crippen LogP contribution >= 0.6 is 0 Å². The van der Waals surface area contributed by atoms with Crippen LogP contribution in [0.3, 0.4) is 0 Å². The van der Waals surface area contributed by atoms with Crippen molar-refractivity contribution in [2.75, 3.05) is 12.4 Å². The maximum Gasteiger partial charge on any atom is 0.673 e. The predicted octanol–water partition coefficient (Wildman–Crippen LogP) is 1.20. The maximum atomic E-state index is 9.75. The van der Waals surface area contributed by atoms with E-state index in [4.69, 9.17) is 0 Å². The molecule has 5 nitrogen and oxygen atoms in total. The van der Waals surface area contributed by atoms with Crippen molar-refractivity contribution in [3.63, 3.8) is 0 Å². The van der Waals surface area contributed by atoms with Gasteiger partial charge in [0.25, 0.3) is 0 Å². The van der Waals surface area contributed by atoms with Gasteiger partial charge in [-0.25, -0.2) is 0 Å². The zero-order chi connectivity index (χ0) is 13.9. The van der Waals surface area contributed by atoms with Gasteiger partial charge in [0.2, 0.25) is 0 Å². The van der Waals surface area contributed by atoms with Crippen molar-refractivity contribution in [3.05, 3.63) is 0 Å². The van der Waals surface area contributed by atoms with E-state index >= 15 is 0 Å². The minimum atomic E-state index is -6.00. The third-order valence-electron chi connectivity index (χ3n) is 1.54. The smallest absolute Gasteiger partial charge is 0.418 e. The lowest BCUT2D eigenvalue weighted by Gasteiger charge is -2.09. The molecule has 0 aliphatic carbocycles. The van der Waals surface area contributed by atoms with Gasteiger partial charge in [-0.3, -0.25) is 5.32 Å². The molecule has 1 heterocycles. The van der Waals surface area contributed by atoms with Gasteiger partial charge in [-0.1, -0.05) is 0 Å². The SMILES string of the molecule is CNc1nn(C(C)(C)C)n[n+]1C.F[B-](F)(F)F. The van der Waals surface area contributed by atoms with E-state index in [0.29, 0.717) is 0 Å². The van der Waals surface area contributed by atoms with E-state index in [1.807, 2.05) is 14.1 Å². The number of hydrogen-bond acceptors (Lipinski definition) is 3. The number of anilines is 1. The van der Waals surface area contributed by atoms with Gasteiger partial charge in [0, 0.05) is 12.3 Å². The predicted molar refractivity (Wildman–Crippen MR) is 55.9 cm³/mol. The number of nitrogens with zero attached hydrogens (tertiary/aromatic N) is 4. The quantitative estimate of drug-likeness (QED) is 0.467. The number of aryl methyl sites for hydroxylation is 1. The van der Waals surface area contributed by atoms with Gasteiger partial charge in [-0.15, -0.1) is 4.68 Å². The van der Waals surface area contributed by atoms with Crippen molar-refractivity contribution >= 4 is 13.2 Å². The van der Waals surface area contributed by atoms with Gasteiger partial charge in [0.05, 0.1) is 12.1 Å². The zero-order valence-electron chi connectivity index (χ0n) is 10.4. The Kier molecular flexibility index (Phi) is 4.90. The highest BCUT2D eigenvalue weighted by Crippen LogP contribution is 2.09. The third kappa shape index (κ3) is 6.74. The Morgan fingerprint density at radius 1 is 1.24 bits per heavy atom. The summed E-state index contributed by atoms with van der Waals surface area (Å²) in [5, 5.41) is 11.4. The number of rotatable bonds is 1. The molecule has 0 aromatic carbocycles. The van der Waals surface area contributed by atoms with E-state index < -0.39 is 7.25 Å². The molecule has 1 N–H and O–H groups in total. The van der Waals surface area contributed by atoms with Gasteiger partial charge in [-0.05, 0) is 25.6 Å². The van der Waals surface area contributed by atoms with E-state index in [-0.39, 0.29) is 5.54 Å². The van der Waals surface area contributed by atoms with E-state index in [1.165, 1.54) is 0 Å². The summed E-state index contributed by atoms with van der Waals surface area (Å²) in [5.74, 6) is 0.768. The van der Waals surface area contributed by atoms with Crippen LogP contribution in [0.4, 0.5) is 23.2 Å². The molecule has 1 aromatic rings. The first-order valence-corrected chi connectivity index (χ1v) is 4.84. The van der Waals surface area contributed by atoms with Crippen LogP contribution in [0.15, 0.2) is 0 Å². The highest BCUT2D eigenvalue weighted by atomic mass is 19.5. The molecule has 0 fully saturated rings. The second-order valence-corrected chi connectivity index (χ2v) is 4.24. The van der Waals surface area contributed by atoms with Crippen LogP contribution in [0.25, 0.3) is 0 Å². The molecule has 0 saturated carbocycles. The summed E-state index contributed by atoms with van der Waals surface area (Å²) < 4.78 is 40.7. The minimum absolute atomic E-state index is 0.0626. The van der Waals surface area contributed by atoms with E-state index in [9.17, 15) is 17.3 Å². The average molecular weight is 257 g/mol. The second-order valence-electron chi connectivity index (χ2n) is 4.24. The number of nitrogens with one attached hydrogen (secondary N) is 1. The summed E-state index contributed by atoms with van der Waals surface area (Å²) in [6.07, 6.45) is 0. The average Bonchev–Trinajstić information content (AvgIpc) is 2.42. The molecule has 0 aliphatic heterocycles. The van der Waals surface area contributed by atoms with Crippen LogP contribution in [-0.4, -0.2) is 29.4 Å². The minimum Gasteiger partial charge on any atom is -0.418 e. The molecule has 0 spiro atoms. The van der Waals surface area contributed by atoms with E-state index in [1.54, 1.807) is 9.48 Å². The lowest BCUT2D eigenvalue weighted by atomic mass is 10.1. The fraction of sp³-hybridized carbons (Fsp3) is 0.857. The maximum absolute atomic E-state index is 9.75. The fourth-order valence-corrected chi connectivity index (χ4v) is 0.840. The highest BCUT2D eigenvalue weighted by Gasteiger charge is 2.24. The molecule has 0 unspecified atom stereocenters. The number of hydrogen-bond donors (Lipinski definition) is 1. The van der Waals surface area contributed by atoms with E-state index in [0.717, 1.165) is 5.95 Å². The summed E-state index contributed by atoms with van der Waals surface area (Å²) in [4.78, 5) is 1.69. The van der Waals surface area contributed by atoms with Crippen molar-refractivity contribution in [2.45, 2.75) is 26.3 Å². The Morgan fingerprint density at radius 2 is 1.65 bits per heavy atom. The lowest BCUT2D eigenvalue weighted by Crippen LogP contribution is -2.36. The van der Waals surface area contributed by atoms with Gasteiger partial charge >= 0.3 is 13.2 Å². The lowest BCUT2D eigenvalue weighted by molar-refractivity contribution is -0.720. The Morgan fingerprint density at radius 3 is 1.82 bits per heavy atom. The Balaban J connectivity index is 0.000000437. The molecule has 17 heavy (non-hydrogen) atoms. The molecule has 0 radical (unpaired) electrons. The van der Waals surface area contributed by atoms with Gasteiger partial charge < -0.3 is 17.3 Å². The molecule has 100 valence electrons. The molecule has 1 aromatic heterocycles. The molecule has 0 saturated heterocycles. The fourth-order valence-electron chi connectivity index (χ4n) is 0.840. The van der Waals surface area contributed by atoms with Crippen molar-refractivity contribution in [2.24, 2.45) is 7.05 Å². The van der Waals surface area contributed by atoms with Crippen molar-refractivity contribution in [1.29, 1.82) is 0 Å². The standard InChI is InChI=1S/C7H16N5.BF4/c1-7(2,3)12-9-6(8-4)11(5)10-12;2-1(3,4)5/h1-5H3,(H,8,9,10);/q+1;-1. The first-order chi connectivity index (χ1) is 7.45. The number of aromatic nitrogens is 4. The van der Waals surface area contributed by atoms with Gasteiger partial charge in [0.15, 0.2) is 0 Å². The van der Waals surface area contributed by atoms with Gasteiger partial charge in [-0.2, -0.15) is 0 Å². The Bertz CT molecular complexity index is 350. The summed E-state index contributed by atoms with van der Waals surface area (Å²) >= 11 is 0. The Hall–Kier alpha value is -1.35. The number of halogens is 4. The molecule has 0 bridgehead atoms. The summed E-state index contributed by atoms with van der Waals surface area (Å²) in [7, 11) is -2.31. The van der Waals surface area contributed by atoms with Crippen LogP contribution < -0.4 is 10.00 Å². The third-order valence-corrected chi connectivity index (χ3v) is 1.54. The summed E-state index contributed by atoms with van der Waals surface area (Å²) in [5.41, 5.74) is -0.0626. The monoisotopic (exact) mass is 257 g/mol. The summed E-state index contributed by atoms with van der Waals surface area (Å²) in [6.45, 7) is 6.19. The first kappa shape index (κ1) is 15.7. The van der Waals surface area contributed by atoms with Crippen molar-refractivity contribution in [3.8, 4) is 0 Å². The van der Waals surface area contributed by atoms with Crippen molar-refractivity contribution < 1.29 is 21.9 Å². The second kappa shape index (κ2) is 5.32. The molecule has 0 amide bonds. The molecule has 1 rings (SSSR count). The molecule has 10 heteroatoms. The highest BCUT2D eigenvalue weighted by molar-refractivity contribution is 6.50. The number of tetrazole rings is 1. The van der Waals surface area contributed by atoms with Crippen molar-refractivity contribution in [1.82, 2.24) is 15.1 Å². The molecular weight excluding hydrogens is 241 g/mol. The topological polar surface area (TPSA) is 46.6 Å². The molecule has 0 aliphatic rings. The van der Waals surface area contributed by atoms with Crippen LogP contribution in [0.2, 0.25) is 0 Å². The van der Waals surface area contributed by atoms with Crippen LogP contribution in [0.1, 0.15) is 20.8 Å². The summed E-state index contributed by atoms with van der Waals surface area (Å²) in [6, 6.07) is 0. The van der Waals surface area contributed by atoms with Crippen LogP contribution in [0, 0.1) is 0 Å². The van der Waals surface area contributed by atoms with Crippen LogP contribution in [0.5, 0.6) is 0 Å². The van der Waals surface area contributed by atoms with E-state index in [2.05, 4.69) is 36.4 Å². The largest absolute Gasteiger partial charge is 0.673 e. The molecule has 0 atom stereocenters. The normalized spacial score (nSPS) is 11.8.